The van der Waals surface area contributed by atoms with Crippen molar-refractivity contribution in [3.05, 3.63) is 94.7 Å². The number of aromatic nitrogens is 1. The summed E-state index contributed by atoms with van der Waals surface area (Å²) >= 11 is 0. The lowest BCUT2D eigenvalue weighted by molar-refractivity contribution is 0.431. The Morgan fingerprint density at radius 1 is 0.833 bits per heavy atom. The van der Waals surface area contributed by atoms with Gasteiger partial charge in [-0.25, -0.2) is 4.98 Å². The molecule has 0 spiro atoms. The first kappa shape index (κ1) is 19.0. The number of hydrogen-bond acceptors (Lipinski definition) is 3. The van der Waals surface area contributed by atoms with Crippen LogP contribution in [0.2, 0.25) is 0 Å². The van der Waals surface area contributed by atoms with Gasteiger partial charge in [0.2, 0.25) is 5.88 Å². The molecule has 0 amide bonds. The number of ether oxygens (including phenoxy) is 1. The highest BCUT2D eigenvalue weighted by atomic mass is 35.5. The number of nitrogens with zero attached hydrogens (tertiary/aromatic N) is 1. The van der Waals surface area contributed by atoms with Crippen LogP contribution in [0.4, 0.5) is 5.69 Å². The van der Waals surface area contributed by atoms with Gasteiger partial charge in [-0.15, -0.1) is 12.4 Å². The van der Waals surface area contributed by atoms with Crippen LogP contribution in [0.3, 0.4) is 0 Å². The van der Waals surface area contributed by atoms with Gasteiger partial charge >= 0.3 is 0 Å². The van der Waals surface area contributed by atoms with Crippen molar-refractivity contribution in [2.45, 2.75) is 31.6 Å². The molecule has 2 heterocycles. The van der Waals surface area contributed by atoms with E-state index in [2.05, 4.69) is 66.7 Å². The average Bonchev–Trinajstić information content (AvgIpc) is 2.78. The Morgan fingerprint density at radius 3 is 2.47 bits per heavy atom. The van der Waals surface area contributed by atoms with E-state index < -0.39 is 0 Å². The SMILES string of the molecule is Cl.Nc1c2c(nc3c1C(c1ccccc1)c1c(ccc4ccccc14)O3)CCCC2. The second-order valence-corrected chi connectivity index (χ2v) is 8.02. The van der Waals surface area contributed by atoms with Crippen molar-refractivity contribution in [3.63, 3.8) is 0 Å². The Balaban J connectivity index is 0.00000193. The molecule has 2 N–H and O–H groups in total. The quantitative estimate of drug-likeness (QED) is 0.345. The standard InChI is InChI=1S/C26H22N2O.ClH/c27-25-19-12-6-7-13-20(19)28-26-24(25)22(17-9-2-1-3-10-17)23-18-11-5-4-8-16(18)14-15-21(23)29-26;/h1-5,8-11,14-15,22H,6-7,12-13H2,(H2,27,28);1H. The highest BCUT2D eigenvalue weighted by Crippen LogP contribution is 2.52. The molecule has 1 atom stereocenters. The number of nitrogens with two attached hydrogens (primary N) is 1. The molecule has 1 unspecified atom stereocenters. The van der Waals surface area contributed by atoms with E-state index >= 15 is 0 Å². The van der Waals surface area contributed by atoms with Gasteiger partial charge in [-0.05, 0) is 53.6 Å². The number of anilines is 1. The van der Waals surface area contributed by atoms with Crippen molar-refractivity contribution in [2.75, 3.05) is 5.73 Å². The van der Waals surface area contributed by atoms with Crippen molar-refractivity contribution >= 4 is 28.9 Å². The minimum atomic E-state index is 0. The van der Waals surface area contributed by atoms with Crippen LogP contribution >= 0.6 is 12.4 Å². The summed E-state index contributed by atoms with van der Waals surface area (Å²) < 4.78 is 6.39. The maximum Gasteiger partial charge on any atom is 0.225 e. The molecule has 0 saturated heterocycles. The van der Waals surface area contributed by atoms with Gasteiger partial charge in [-0.3, -0.25) is 0 Å². The molecule has 1 aliphatic carbocycles. The van der Waals surface area contributed by atoms with Crippen molar-refractivity contribution in [1.29, 1.82) is 0 Å². The molecule has 1 aromatic heterocycles. The summed E-state index contributed by atoms with van der Waals surface area (Å²) in [5.74, 6) is 1.58. The first-order valence-electron chi connectivity index (χ1n) is 10.4. The van der Waals surface area contributed by atoms with Gasteiger partial charge in [0.15, 0.2) is 0 Å². The molecule has 2 aliphatic rings. The van der Waals surface area contributed by atoms with E-state index in [9.17, 15) is 0 Å². The summed E-state index contributed by atoms with van der Waals surface area (Å²) in [5, 5.41) is 2.42. The Hall–Kier alpha value is -3.04. The van der Waals surface area contributed by atoms with Crippen LogP contribution in [0, 0.1) is 0 Å². The fourth-order valence-corrected chi connectivity index (χ4v) is 5.01. The minimum Gasteiger partial charge on any atom is -0.438 e. The summed E-state index contributed by atoms with van der Waals surface area (Å²) in [4.78, 5) is 4.97. The smallest absolute Gasteiger partial charge is 0.225 e. The minimum absolute atomic E-state index is 0. The third kappa shape index (κ3) is 2.77. The highest BCUT2D eigenvalue weighted by Gasteiger charge is 2.35. The van der Waals surface area contributed by atoms with E-state index in [1.165, 1.54) is 40.3 Å². The van der Waals surface area contributed by atoms with Gasteiger partial charge < -0.3 is 10.5 Å². The maximum atomic E-state index is 6.83. The number of nitrogen functional groups attached to an aromatic ring is 1. The lowest BCUT2D eigenvalue weighted by Crippen LogP contribution is -2.19. The fraction of sp³-hybridized carbons (Fsp3) is 0.192. The molecule has 0 radical (unpaired) electrons. The first-order valence-corrected chi connectivity index (χ1v) is 10.4. The second-order valence-electron chi connectivity index (χ2n) is 8.02. The third-order valence-corrected chi connectivity index (χ3v) is 6.37. The van der Waals surface area contributed by atoms with E-state index in [0.29, 0.717) is 5.88 Å². The molecule has 4 aromatic rings. The summed E-state index contributed by atoms with van der Waals surface area (Å²) in [6.07, 6.45) is 4.33. The molecular formula is C26H23ClN2O. The molecule has 3 nitrogen and oxygen atoms in total. The molecule has 0 fully saturated rings. The van der Waals surface area contributed by atoms with Crippen molar-refractivity contribution in [2.24, 2.45) is 0 Å². The summed E-state index contributed by atoms with van der Waals surface area (Å²) in [5.41, 5.74) is 13.5. The van der Waals surface area contributed by atoms with Crippen LogP contribution in [0.5, 0.6) is 11.6 Å². The molecule has 1 aliphatic heterocycles. The normalized spacial score (nSPS) is 16.6. The molecule has 0 bridgehead atoms. The van der Waals surface area contributed by atoms with E-state index in [4.69, 9.17) is 15.5 Å². The number of aryl methyl sites for hydroxylation is 1. The molecule has 0 saturated carbocycles. The van der Waals surface area contributed by atoms with Crippen molar-refractivity contribution < 1.29 is 4.74 Å². The third-order valence-electron chi connectivity index (χ3n) is 6.37. The maximum absolute atomic E-state index is 6.83. The molecule has 30 heavy (non-hydrogen) atoms. The zero-order valence-electron chi connectivity index (χ0n) is 16.6. The Labute approximate surface area is 182 Å². The number of hydrogen-bond donors (Lipinski definition) is 1. The van der Waals surface area contributed by atoms with Gasteiger partial charge in [0, 0.05) is 28.4 Å². The molecular weight excluding hydrogens is 392 g/mol. The number of fused-ring (bicyclic) bond motifs is 5. The first-order chi connectivity index (χ1) is 14.3. The zero-order chi connectivity index (χ0) is 19.4. The van der Waals surface area contributed by atoms with Gasteiger partial charge in [0.05, 0.1) is 0 Å². The van der Waals surface area contributed by atoms with Crippen molar-refractivity contribution in [1.82, 2.24) is 4.98 Å². The largest absolute Gasteiger partial charge is 0.438 e. The van der Waals surface area contributed by atoms with E-state index in [1.54, 1.807) is 0 Å². The summed E-state index contributed by atoms with van der Waals surface area (Å²) in [6.45, 7) is 0. The topological polar surface area (TPSA) is 48.1 Å². The van der Waals surface area contributed by atoms with Crippen LogP contribution in [0.1, 0.15) is 46.7 Å². The predicted octanol–water partition coefficient (Wildman–Crippen LogP) is 6.40. The van der Waals surface area contributed by atoms with Gasteiger partial charge in [0.1, 0.15) is 5.75 Å². The monoisotopic (exact) mass is 414 g/mol. The number of benzene rings is 3. The lowest BCUT2D eigenvalue weighted by Gasteiger charge is -2.32. The average molecular weight is 415 g/mol. The van der Waals surface area contributed by atoms with Crippen molar-refractivity contribution in [3.8, 4) is 11.6 Å². The lowest BCUT2D eigenvalue weighted by atomic mass is 9.79. The van der Waals surface area contributed by atoms with Crippen LogP contribution in [-0.4, -0.2) is 4.98 Å². The number of halogens is 1. The molecule has 150 valence electrons. The van der Waals surface area contributed by atoms with Gasteiger partial charge in [-0.1, -0.05) is 60.7 Å². The Kier molecular flexibility index (Phi) is 4.63. The van der Waals surface area contributed by atoms with Crippen LogP contribution in [0.25, 0.3) is 10.8 Å². The van der Waals surface area contributed by atoms with Gasteiger partial charge in [0.25, 0.3) is 0 Å². The zero-order valence-corrected chi connectivity index (χ0v) is 17.4. The van der Waals surface area contributed by atoms with E-state index in [-0.39, 0.29) is 18.3 Å². The highest BCUT2D eigenvalue weighted by molar-refractivity contribution is 5.91. The number of pyridine rings is 1. The van der Waals surface area contributed by atoms with E-state index in [1.807, 2.05) is 0 Å². The Morgan fingerprint density at radius 2 is 1.60 bits per heavy atom. The molecule has 3 aromatic carbocycles. The summed E-state index contributed by atoms with van der Waals surface area (Å²) in [7, 11) is 0. The van der Waals surface area contributed by atoms with Crippen LogP contribution in [-0.2, 0) is 12.8 Å². The molecule has 6 rings (SSSR count). The summed E-state index contributed by atoms with van der Waals surface area (Å²) in [6, 6.07) is 23.3. The van der Waals surface area contributed by atoms with Gasteiger partial charge in [-0.2, -0.15) is 0 Å². The molecule has 4 heteroatoms. The van der Waals surface area contributed by atoms with Crippen LogP contribution in [0.15, 0.2) is 66.7 Å². The van der Waals surface area contributed by atoms with E-state index in [0.717, 1.165) is 35.5 Å². The fourth-order valence-electron chi connectivity index (χ4n) is 5.01. The van der Waals surface area contributed by atoms with Crippen LogP contribution < -0.4 is 10.5 Å². The Bertz CT molecular complexity index is 1250. The number of rotatable bonds is 1. The predicted molar refractivity (Wildman–Crippen MR) is 124 cm³/mol. The second kappa shape index (κ2) is 7.33.